The second-order valence-corrected chi connectivity index (χ2v) is 3.98. The van der Waals surface area contributed by atoms with Crippen molar-refractivity contribution < 1.29 is 9.63 Å². The normalized spacial score (nSPS) is 10.1. The van der Waals surface area contributed by atoms with Crippen LogP contribution < -0.4 is 0 Å². The van der Waals surface area contributed by atoms with Gasteiger partial charge in [-0.1, -0.05) is 12.1 Å². The maximum absolute atomic E-state index is 11.6. The molecule has 0 aliphatic heterocycles. The number of carbonyl (C=O) groups is 1. The molecule has 3 nitrogen and oxygen atoms in total. The summed E-state index contributed by atoms with van der Waals surface area (Å²) in [6, 6.07) is 7.58. The second kappa shape index (κ2) is 5.78. The first-order chi connectivity index (χ1) is 7.19. The highest BCUT2D eigenvalue weighted by molar-refractivity contribution is 7.97. The third kappa shape index (κ3) is 3.25. The Morgan fingerprint density at radius 3 is 2.47 bits per heavy atom. The highest BCUT2D eigenvalue weighted by Crippen LogP contribution is 2.11. The van der Waals surface area contributed by atoms with Crippen molar-refractivity contribution in [2.45, 2.75) is 5.75 Å². The number of hydrogen-bond donors (Lipinski definition) is 0. The van der Waals surface area contributed by atoms with Crippen molar-refractivity contribution in [1.29, 1.82) is 0 Å². The Hall–Kier alpha value is -1.00. The summed E-state index contributed by atoms with van der Waals surface area (Å²) in [7, 11) is 3.07. The number of nitrogens with zero attached hydrogens (tertiary/aromatic N) is 1. The van der Waals surface area contributed by atoms with Crippen LogP contribution in [0.15, 0.2) is 24.3 Å². The monoisotopic (exact) mass is 225 g/mol. The van der Waals surface area contributed by atoms with Gasteiger partial charge >= 0.3 is 0 Å². The first kappa shape index (κ1) is 12.1. The van der Waals surface area contributed by atoms with Gasteiger partial charge in [0.25, 0.3) is 5.91 Å². The summed E-state index contributed by atoms with van der Waals surface area (Å²) < 4.78 is 0. The number of hydroxylamine groups is 2. The van der Waals surface area contributed by atoms with Crippen molar-refractivity contribution in [3.05, 3.63) is 35.4 Å². The molecule has 0 N–H and O–H groups in total. The van der Waals surface area contributed by atoms with Crippen molar-refractivity contribution in [2.24, 2.45) is 0 Å². The van der Waals surface area contributed by atoms with Gasteiger partial charge in [-0.05, 0) is 24.0 Å². The first-order valence-electron chi connectivity index (χ1n) is 4.59. The summed E-state index contributed by atoms with van der Waals surface area (Å²) in [5, 5.41) is 1.21. The highest BCUT2D eigenvalue weighted by Gasteiger charge is 2.10. The molecule has 82 valence electrons. The van der Waals surface area contributed by atoms with Crippen molar-refractivity contribution in [1.82, 2.24) is 5.06 Å². The van der Waals surface area contributed by atoms with Gasteiger partial charge in [-0.15, -0.1) is 0 Å². The van der Waals surface area contributed by atoms with Crippen LogP contribution >= 0.6 is 11.8 Å². The Balaban J connectivity index is 2.75. The van der Waals surface area contributed by atoms with Crippen molar-refractivity contribution in [2.75, 3.05) is 20.4 Å². The van der Waals surface area contributed by atoms with Gasteiger partial charge in [0.1, 0.15) is 0 Å². The average molecular weight is 225 g/mol. The summed E-state index contributed by atoms with van der Waals surface area (Å²) in [5.74, 6) is 0.836. The van der Waals surface area contributed by atoms with Crippen molar-refractivity contribution in [3.63, 3.8) is 0 Å². The molecule has 0 heterocycles. The van der Waals surface area contributed by atoms with Gasteiger partial charge in [0.15, 0.2) is 0 Å². The van der Waals surface area contributed by atoms with Crippen molar-refractivity contribution in [3.8, 4) is 0 Å². The standard InChI is InChI=1S/C11H15NO2S/c1-12(14-2)11(13)10-6-4-9(5-7-10)8-15-3/h4-7H,8H2,1-3H3. The molecule has 1 aromatic rings. The zero-order chi connectivity index (χ0) is 11.3. The quantitative estimate of drug-likeness (QED) is 0.736. The third-order valence-electron chi connectivity index (χ3n) is 2.07. The van der Waals surface area contributed by atoms with E-state index in [0.29, 0.717) is 5.56 Å². The average Bonchev–Trinajstić information content (AvgIpc) is 2.28. The fourth-order valence-electron chi connectivity index (χ4n) is 1.17. The summed E-state index contributed by atoms with van der Waals surface area (Å²) in [6.07, 6.45) is 2.05. The molecule has 1 amide bonds. The summed E-state index contributed by atoms with van der Waals surface area (Å²) in [6.45, 7) is 0. The zero-order valence-corrected chi connectivity index (χ0v) is 10.0. The zero-order valence-electron chi connectivity index (χ0n) is 9.19. The lowest BCUT2D eigenvalue weighted by Crippen LogP contribution is -2.25. The van der Waals surface area contributed by atoms with E-state index >= 15 is 0 Å². The Morgan fingerprint density at radius 2 is 2.00 bits per heavy atom. The van der Waals surface area contributed by atoms with E-state index in [1.165, 1.54) is 17.7 Å². The molecule has 0 aliphatic rings. The largest absolute Gasteiger partial charge is 0.277 e. The lowest BCUT2D eigenvalue weighted by molar-refractivity contribution is -0.0756. The van der Waals surface area contributed by atoms with E-state index in [-0.39, 0.29) is 5.91 Å². The Bertz CT molecular complexity index is 324. The molecule has 0 unspecified atom stereocenters. The Labute approximate surface area is 94.4 Å². The van der Waals surface area contributed by atoms with Gasteiger partial charge in [-0.3, -0.25) is 9.63 Å². The molecule has 1 aromatic carbocycles. The fraction of sp³-hybridized carbons (Fsp3) is 0.364. The maximum Gasteiger partial charge on any atom is 0.277 e. The molecule has 0 radical (unpaired) electrons. The van der Waals surface area contributed by atoms with Crippen LogP contribution in [0.5, 0.6) is 0 Å². The maximum atomic E-state index is 11.6. The molecule has 0 atom stereocenters. The number of hydrogen-bond acceptors (Lipinski definition) is 3. The topological polar surface area (TPSA) is 29.5 Å². The van der Waals surface area contributed by atoms with Crippen LogP contribution in [0.3, 0.4) is 0 Å². The summed E-state index contributed by atoms with van der Waals surface area (Å²) in [5.41, 5.74) is 1.86. The van der Waals surface area contributed by atoms with Crippen LogP contribution in [-0.2, 0) is 10.6 Å². The van der Waals surface area contributed by atoms with E-state index in [4.69, 9.17) is 4.84 Å². The predicted octanol–water partition coefficient (Wildman–Crippen LogP) is 2.18. The van der Waals surface area contributed by atoms with E-state index in [0.717, 1.165) is 5.75 Å². The molecule has 0 saturated heterocycles. The van der Waals surface area contributed by atoms with E-state index in [9.17, 15) is 4.79 Å². The van der Waals surface area contributed by atoms with Gasteiger partial charge in [0.05, 0.1) is 7.11 Å². The molecule has 0 aliphatic carbocycles. The first-order valence-corrected chi connectivity index (χ1v) is 5.98. The van der Waals surface area contributed by atoms with Gasteiger partial charge in [-0.2, -0.15) is 11.8 Å². The van der Waals surface area contributed by atoms with E-state index < -0.39 is 0 Å². The summed E-state index contributed by atoms with van der Waals surface area (Å²) in [4.78, 5) is 16.5. The second-order valence-electron chi connectivity index (χ2n) is 3.12. The van der Waals surface area contributed by atoms with Crippen LogP contribution in [0.2, 0.25) is 0 Å². The van der Waals surface area contributed by atoms with Gasteiger partial charge in [0.2, 0.25) is 0 Å². The van der Waals surface area contributed by atoms with E-state index in [1.54, 1.807) is 18.8 Å². The van der Waals surface area contributed by atoms with Gasteiger partial charge in [0, 0.05) is 18.4 Å². The number of carbonyl (C=O) groups excluding carboxylic acids is 1. The Kier molecular flexibility index (Phi) is 4.65. The van der Waals surface area contributed by atoms with Crippen LogP contribution in [0, 0.1) is 0 Å². The molecular weight excluding hydrogens is 210 g/mol. The molecule has 0 saturated carbocycles. The van der Waals surface area contributed by atoms with Crippen molar-refractivity contribution >= 4 is 17.7 Å². The van der Waals surface area contributed by atoms with Crippen LogP contribution in [0.4, 0.5) is 0 Å². The third-order valence-corrected chi connectivity index (χ3v) is 2.69. The SMILES string of the molecule is CON(C)C(=O)c1ccc(CSC)cc1. The summed E-state index contributed by atoms with van der Waals surface area (Å²) >= 11 is 1.76. The van der Waals surface area contributed by atoms with Crippen LogP contribution in [0.1, 0.15) is 15.9 Å². The molecule has 0 spiro atoms. The van der Waals surface area contributed by atoms with Gasteiger partial charge in [-0.25, -0.2) is 5.06 Å². The van der Waals surface area contributed by atoms with E-state index in [2.05, 4.69) is 6.26 Å². The lowest BCUT2D eigenvalue weighted by atomic mass is 10.1. The number of benzene rings is 1. The smallest absolute Gasteiger partial charge is 0.274 e. The Morgan fingerprint density at radius 1 is 1.40 bits per heavy atom. The molecule has 1 rings (SSSR count). The number of thioether (sulfide) groups is 1. The molecule has 0 fully saturated rings. The predicted molar refractivity (Wildman–Crippen MR) is 62.8 cm³/mol. The minimum absolute atomic E-state index is 0.131. The molecular formula is C11H15NO2S. The minimum Gasteiger partial charge on any atom is -0.274 e. The molecule has 4 heteroatoms. The lowest BCUT2D eigenvalue weighted by Gasteiger charge is -2.13. The van der Waals surface area contributed by atoms with Gasteiger partial charge < -0.3 is 0 Å². The number of rotatable bonds is 4. The minimum atomic E-state index is -0.131. The highest BCUT2D eigenvalue weighted by atomic mass is 32.2. The molecule has 15 heavy (non-hydrogen) atoms. The molecule has 0 bridgehead atoms. The van der Waals surface area contributed by atoms with Crippen LogP contribution in [0.25, 0.3) is 0 Å². The van der Waals surface area contributed by atoms with E-state index in [1.807, 2.05) is 24.3 Å². The van der Waals surface area contributed by atoms with Crippen LogP contribution in [-0.4, -0.2) is 31.4 Å². The fourth-order valence-corrected chi connectivity index (χ4v) is 1.70. The molecule has 0 aromatic heterocycles. The number of amides is 1.